The molecule has 0 radical (unpaired) electrons. The summed E-state index contributed by atoms with van der Waals surface area (Å²) < 4.78 is 15.4. The molecule has 0 aliphatic heterocycles. The Balaban J connectivity index is 1.61. The Labute approximate surface area is 184 Å². The zero-order valence-corrected chi connectivity index (χ0v) is 17.8. The number of rotatable bonds is 6. The Morgan fingerprint density at radius 2 is 1.81 bits per heavy atom. The number of carbonyl (C=O) groups is 2. The van der Waals surface area contributed by atoms with Gasteiger partial charge in [0.2, 0.25) is 0 Å². The van der Waals surface area contributed by atoms with Crippen LogP contribution in [0.5, 0.6) is 5.75 Å². The highest BCUT2D eigenvalue weighted by Gasteiger charge is 2.17. The number of methoxy groups -OCH3 is 1. The van der Waals surface area contributed by atoms with Crippen LogP contribution in [0.25, 0.3) is 22.2 Å². The lowest BCUT2D eigenvalue weighted by Crippen LogP contribution is -2.21. The van der Waals surface area contributed by atoms with Crippen molar-refractivity contribution >= 4 is 28.6 Å². The van der Waals surface area contributed by atoms with E-state index in [9.17, 15) is 9.59 Å². The fourth-order valence-electron chi connectivity index (χ4n) is 3.23. The van der Waals surface area contributed by atoms with E-state index in [2.05, 4.69) is 10.5 Å². The molecule has 2 heterocycles. The quantitative estimate of drug-likeness (QED) is 0.454. The number of benzene rings is 2. The van der Waals surface area contributed by atoms with Crippen LogP contribution in [0, 0.1) is 13.8 Å². The SMILES string of the molecule is COc1ccc(-c2cc(C(=O)OCC(=O)Nc3cc(C)on3)c3cc(C)ccc3n2)cc1. The molecule has 1 amide bonds. The van der Waals surface area contributed by atoms with E-state index in [-0.39, 0.29) is 5.82 Å². The number of anilines is 1. The zero-order valence-electron chi connectivity index (χ0n) is 17.8. The largest absolute Gasteiger partial charge is 0.497 e. The van der Waals surface area contributed by atoms with Gasteiger partial charge in [-0.1, -0.05) is 16.8 Å². The molecule has 162 valence electrons. The third-order valence-electron chi connectivity index (χ3n) is 4.80. The van der Waals surface area contributed by atoms with Crippen molar-refractivity contribution in [3.63, 3.8) is 0 Å². The number of aryl methyl sites for hydroxylation is 2. The van der Waals surface area contributed by atoms with Crippen LogP contribution in [0.4, 0.5) is 5.82 Å². The van der Waals surface area contributed by atoms with Crippen LogP contribution in [0.15, 0.2) is 59.1 Å². The molecule has 0 spiro atoms. The molecule has 2 aromatic heterocycles. The van der Waals surface area contributed by atoms with Crippen molar-refractivity contribution in [3.8, 4) is 17.0 Å². The highest BCUT2D eigenvalue weighted by Crippen LogP contribution is 2.27. The third kappa shape index (κ3) is 4.59. The molecule has 0 saturated heterocycles. The first-order chi connectivity index (χ1) is 15.4. The summed E-state index contributed by atoms with van der Waals surface area (Å²) in [6, 6.07) is 16.3. The molecule has 4 rings (SSSR count). The summed E-state index contributed by atoms with van der Waals surface area (Å²) >= 11 is 0. The molecule has 0 bridgehead atoms. The number of hydrogen-bond donors (Lipinski definition) is 1. The van der Waals surface area contributed by atoms with E-state index in [4.69, 9.17) is 19.0 Å². The van der Waals surface area contributed by atoms with Crippen LogP contribution in [0.1, 0.15) is 21.7 Å². The van der Waals surface area contributed by atoms with Gasteiger partial charge in [0.25, 0.3) is 5.91 Å². The minimum atomic E-state index is -0.621. The lowest BCUT2D eigenvalue weighted by Gasteiger charge is -2.11. The van der Waals surface area contributed by atoms with E-state index < -0.39 is 18.5 Å². The van der Waals surface area contributed by atoms with Crippen LogP contribution >= 0.6 is 0 Å². The lowest BCUT2D eigenvalue weighted by molar-refractivity contribution is -0.119. The van der Waals surface area contributed by atoms with Crippen LogP contribution in [-0.4, -0.2) is 35.7 Å². The average molecular weight is 431 g/mol. The Bertz CT molecular complexity index is 1290. The molecule has 2 aromatic carbocycles. The summed E-state index contributed by atoms with van der Waals surface area (Å²) in [5, 5.41) is 6.86. The summed E-state index contributed by atoms with van der Waals surface area (Å²) in [5.41, 5.74) is 3.39. The van der Waals surface area contributed by atoms with Gasteiger partial charge in [-0.15, -0.1) is 0 Å². The Kier molecular flexibility index (Phi) is 5.85. The van der Waals surface area contributed by atoms with E-state index in [1.54, 1.807) is 26.2 Å². The lowest BCUT2D eigenvalue weighted by atomic mass is 10.0. The van der Waals surface area contributed by atoms with Gasteiger partial charge < -0.3 is 19.3 Å². The number of ether oxygens (including phenoxy) is 2. The first-order valence-electron chi connectivity index (χ1n) is 9.89. The third-order valence-corrected chi connectivity index (χ3v) is 4.80. The molecule has 0 aliphatic rings. The smallest absolute Gasteiger partial charge is 0.339 e. The van der Waals surface area contributed by atoms with E-state index in [0.717, 1.165) is 16.9 Å². The summed E-state index contributed by atoms with van der Waals surface area (Å²) in [4.78, 5) is 29.8. The van der Waals surface area contributed by atoms with Crippen LogP contribution in [0.3, 0.4) is 0 Å². The standard InChI is InChI=1S/C24H21N3O5/c1-14-4-9-20-18(10-14)19(12-21(25-20)16-5-7-17(30-3)8-6-16)24(29)31-13-23(28)26-22-11-15(2)32-27-22/h4-12H,13H2,1-3H3,(H,26,27,28). The van der Waals surface area contributed by atoms with Crippen molar-refractivity contribution in [1.82, 2.24) is 10.1 Å². The second-order valence-electron chi connectivity index (χ2n) is 7.25. The zero-order chi connectivity index (χ0) is 22.7. The van der Waals surface area contributed by atoms with Gasteiger partial charge in [-0.05, 0) is 56.3 Å². The summed E-state index contributed by atoms with van der Waals surface area (Å²) in [6.07, 6.45) is 0. The molecule has 32 heavy (non-hydrogen) atoms. The molecule has 4 aromatic rings. The number of carbonyl (C=O) groups excluding carboxylic acids is 2. The Morgan fingerprint density at radius 1 is 1.03 bits per heavy atom. The monoisotopic (exact) mass is 431 g/mol. The minimum absolute atomic E-state index is 0.260. The van der Waals surface area contributed by atoms with Crippen LogP contribution in [0.2, 0.25) is 0 Å². The van der Waals surface area contributed by atoms with Crippen molar-refractivity contribution in [2.75, 3.05) is 19.0 Å². The molecule has 1 N–H and O–H groups in total. The first kappa shape index (κ1) is 21.0. The Hall–Kier alpha value is -4.20. The van der Waals surface area contributed by atoms with E-state index in [1.807, 2.05) is 49.4 Å². The van der Waals surface area contributed by atoms with Gasteiger partial charge in [0.1, 0.15) is 11.5 Å². The molecule has 0 saturated carbocycles. The van der Waals surface area contributed by atoms with Gasteiger partial charge >= 0.3 is 5.97 Å². The maximum Gasteiger partial charge on any atom is 0.339 e. The van der Waals surface area contributed by atoms with Crippen LogP contribution < -0.4 is 10.1 Å². The van der Waals surface area contributed by atoms with Crippen molar-refractivity contribution in [2.45, 2.75) is 13.8 Å². The van der Waals surface area contributed by atoms with Gasteiger partial charge in [0.05, 0.1) is 23.9 Å². The molecular weight excluding hydrogens is 410 g/mol. The number of esters is 1. The van der Waals surface area contributed by atoms with Crippen LogP contribution in [-0.2, 0) is 9.53 Å². The van der Waals surface area contributed by atoms with E-state index in [1.165, 1.54) is 0 Å². The van der Waals surface area contributed by atoms with Gasteiger partial charge in [-0.2, -0.15) is 0 Å². The van der Waals surface area contributed by atoms with Gasteiger partial charge in [-0.3, -0.25) is 4.79 Å². The van der Waals surface area contributed by atoms with Gasteiger partial charge in [0, 0.05) is 17.0 Å². The molecule has 0 atom stereocenters. The number of aromatic nitrogens is 2. The second kappa shape index (κ2) is 8.89. The van der Waals surface area contributed by atoms with Crippen molar-refractivity contribution < 1.29 is 23.6 Å². The van der Waals surface area contributed by atoms with Crippen molar-refractivity contribution in [2.24, 2.45) is 0 Å². The number of amides is 1. The maximum absolute atomic E-state index is 12.9. The molecule has 8 nitrogen and oxygen atoms in total. The minimum Gasteiger partial charge on any atom is -0.497 e. The molecule has 0 fully saturated rings. The molecule has 0 unspecified atom stereocenters. The van der Waals surface area contributed by atoms with E-state index >= 15 is 0 Å². The van der Waals surface area contributed by atoms with Crippen molar-refractivity contribution in [1.29, 1.82) is 0 Å². The van der Waals surface area contributed by atoms with Gasteiger partial charge in [0.15, 0.2) is 12.4 Å². The normalized spacial score (nSPS) is 10.7. The summed E-state index contributed by atoms with van der Waals surface area (Å²) in [7, 11) is 1.60. The fraction of sp³-hybridized carbons (Fsp3) is 0.167. The number of nitrogens with zero attached hydrogens (tertiary/aromatic N) is 2. The second-order valence-corrected chi connectivity index (χ2v) is 7.25. The van der Waals surface area contributed by atoms with Crippen molar-refractivity contribution in [3.05, 3.63) is 71.5 Å². The predicted molar refractivity (Wildman–Crippen MR) is 119 cm³/mol. The maximum atomic E-state index is 12.9. The average Bonchev–Trinajstić information content (AvgIpc) is 3.21. The highest BCUT2D eigenvalue weighted by molar-refractivity contribution is 6.05. The van der Waals surface area contributed by atoms with E-state index in [0.29, 0.717) is 27.9 Å². The number of pyridine rings is 1. The molecule has 0 aliphatic carbocycles. The topological polar surface area (TPSA) is 104 Å². The molecular formula is C24H21N3O5. The first-order valence-corrected chi connectivity index (χ1v) is 9.89. The number of fused-ring (bicyclic) bond motifs is 1. The highest BCUT2D eigenvalue weighted by atomic mass is 16.5. The molecule has 8 heteroatoms. The fourth-order valence-corrected chi connectivity index (χ4v) is 3.23. The summed E-state index contributed by atoms with van der Waals surface area (Å²) in [5.74, 6) is 0.399. The van der Waals surface area contributed by atoms with Gasteiger partial charge in [-0.25, -0.2) is 9.78 Å². The summed E-state index contributed by atoms with van der Waals surface area (Å²) in [6.45, 7) is 3.18. The Morgan fingerprint density at radius 3 is 2.50 bits per heavy atom. The number of nitrogens with one attached hydrogen (secondary N) is 1. The predicted octanol–water partition coefficient (Wildman–Crippen LogP) is 4.31. The number of hydrogen-bond acceptors (Lipinski definition) is 7.